The molecule has 1 amide bonds. The molecule has 7 nitrogen and oxygen atoms in total. The molecule has 0 aliphatic heterocycles. The second-order valence-electron chi connectivity index (χ2n) is 6.68. The molecule has 1 fully saturated rings. The van der Waals surface area contributed by atoms with Crippen molar-refractivity contribution < 1.29 is 9.90 Å². The molecule has 2 aromatic heterocycles. The lowest BCUT2D eigenvalue weighted by Gasteiger charge is -2.34. The van der Waals surface area contributed by atoms with E-state index in [0.717, 1.165) is 11.3 Å². The van der Waals surface area contributed by atoms with Gasteiger partial charge in [0.15, 0.2) is 5.82 Å². The van der Waals surface area contributed by atoms with Crippen molar-refractivity contribution in [1.29, 1.82) is 0 Å². The fraction of sp³-hybridized carbons (Fsp3) is 0.471. The molecular weight excluding hydrogens is 306 g/mol. The molecule has 0 radical (unpaired) electrons. The van der Waals surface area contributed by atoms with Gasteiger partial charge < -0.3 is 16.2 Å². The van der Waals surface area contributed by atoms with Gasteiger partial charge in [-0.05, 0) is 57.2 Å². The average molecular weight is 329 g/mol. The number of primary amides is 1. The molecule has 0 spiro atoms. The lowest BCUT2D eigenvalue weighted by molar-refractivity contribution is -0.125. The number of hydrogen-bond acceptors (Lipinski definition) is 5. The van der Waals surface area contributed by atoms with Crippen molar-refractivity contribution in [2.45, 2.75) is 45.1 Å². The van der Waals surface area contributed by atoms with E-state index in [1.165, 1.54) is 0 Å². The van der Waals surface area contributed by atoms with Crippen LogP contribution in [0.2, 0.25) is 0 Å². The number of anilines is 2. The quantitative estimate of drug-likeness (QED) is 0.685. The predicted octanol–water partition coefficient (Wildman–Crippen LogP) is 2.03. The predicted molar refractivity (Wildman–Crippen MR) is 90.6 cm³/mol. The summed E-state index contributed by atoms with van der Waals surface area (Å²) in [6.07, 6.45) is 2.14. The van der Waals surface area contributed by atoms with Gasteiger partial charge in [0.25, 0.3) is 0 Å². The second kappa shape index (κ2) is 6.24. The highest BCUT2D eigenvalue weighted by Crippen LogP contribution is 2.39. The second-order valence-corrected chi connectivity index (χ2v) is 6.68. The summed E-state index contributed by atoms with van der Waals surface area (Å²) in [5.74, 6) is 0.883. The zero-order valence-corrected chi connectivity index (χ0v) is 14.0. The Morgan fingerprint density at radius 1 is 1.29 bits per heavy atom. The number of amides is 1. The molecular formula is C17H23N5O2. The molecule has 2 heterocycles. The first kappa shape index (κ1) is 16.4. The van der Waals surface area contributed by atoms with Crippen LogP contribution in [0.3, 0.4) is 0 Å². The Labute approximate surface area is 140 Å². The number of pyridine rings is 1. The maximum Gasteiger partial charge on any atom is 0.220 e. The van der Waals surface area contributed by atoms with E-state index in [-0.39, 0.29) is 11.8 Å². The van der Waals surface area contributed by atoms with E-state index < -0.39 is 5.60 Å². The Hall–Kier alpha value is -2.41. The molecule has 5 N–H and O–H groups in total. The van der Waals surface area contributed by atoms with Crippen LogP contribution in [-0.2, 0) is 10.4 Å². The van der Waals surface area contributed by atoms with Gasteiger partial charge >= 0.3 is 0 Å². The minimum atomic E-state index is -1.02. The number of carbonyl (C=O) groups excluding carboxylic acids is 1. The van der Waals surface area contributed by atoms with Crippen LogP contribution in [0.4, 0.5) is 11.6 Å². The molecule has 1 saturated carbocycles. The van der Waals surface area contributed by atoms with Gasteiger partial charge in [-0.2, -0.15) is 5.10 Å². The van der Waals surface area contributed by atoms with Crippen LogP contribution in [0.5, 0.6) is 0 Å². The first-order valence-corrected chi connectivity index (χ1v) is 8.16. The van der Waals surface area contributed by atoms with Crippen molar-refractivity contribution >= 4 is 17.5 Å². The number of hydrogen-bond donors (Lipinski definition) is 4. The fourth-order valence-electron chi connectivity index (χ4n) is 3.22. The van der Waals surface area contributed by atoms with E-state index >= 15 is 0 Å². The van der Waals surface area contributed by atoms with Crippen LogP contribution < -0.4 is 11.1 Å². The number of rotatable bonds is 4. The number of aromatic nitrogens is 3. The van der Waals surface area contributed by atoms with Gasteiger partial charge in [-0.15, -0.1) is 0 Å². The fourth-order valence-corrected chi connectivity index (χ4v) is 3.22. The third kappa shape index (κ3) is 3.41. The molecule has 7 heteroatoms. The molecule has 0 saturated heterocycles. The summed E-state index contributed by atoms with van der Waals surface area (Å²) in [7, 11) is 0. The summed E-state index contributed by atoms with van der Waals surface area (Å²) in [5.41, 5.74) is 6.93. The minimum absolute atomic E-state index is 0.153. The van der Waals surface area contributed by atoms with Crippen molar-refractivity contribution in [3.05, 3.63) is 35.2 Å². The summed E-state index contributed by atoms with van der Waals surface area (Å²) in [6.45, 7) is 3.89. The standard InChI is InChI=1S/C17H23N5O2/c1-10-7-13(17(24)5-3-12(4-6-17)16(18)23)19-14(8-10)20-15-9-11(2)21-22-15/h7-9,12,24H,3-6H2,1-2H3,(H2,18,23)(H2,19,20,21,22). The first-order chi connectivity index (χ1) is 11.4. The molecule has 3 rings (SSSR count). The van der Waals surface area contributed by atoms with Crippen LogP contribution in [0.15, 0.2) is 18.2 Å². The van der Waals surface area contributed by atoms with Crippen LogP contribution in [-0.4, -0.2) is 26.2 Å². The highest BCUT2D eigenvalue weighted by atomic mass is 16.3. The maximum absolute atomic E-state index is 11.3. The van der Waals surface area contributed by atoms with E-state index in [0.29, 0.717) is 43.0 Å². The highest BCUT2D eigenvalue weighted by Gasteiger charge is 2.37. The Bertz CT molecular complexity index is 747. The van der Waals surface area contributed by atoms with Crippen molar-refractivity contribution in [3.63, 3.8) is 0 Å². The van der Waals surface area contributed by atoms with E-state index in [2.05, 4.69) is 20.5 Å². The monoisotopic (exact) mass is 329 g/mol. The summed E-state index contributed by atoms with van der Waals surface area (Å²) < 4.78 is 0. The van der Waals surface area contributed by atoms with Gasteiger partial charge in [-0.1, -0.05) is 0 Å². The molecule has 1 aliphatic rings. The highest BCUT2D eigenvalue weighted by molar-refractivity contribution is 5.76. The van der Waals surface area contributed by atoms with Gasteiger partial charge in [-0.25, -0.2) is 4.98 Å². The van der Waals surface area contributed by atoms with Gasteiger partial charge in [0.2, 0.25) is 5.91 Å². The van der Waals surface area contributed by atoms with E-state index in [1.807, 2.05) is 32.0 Å². The summed E-state index contributed by atoms with van der Waals surface area (Å²) in [6, 6.07) is 5.69. The van der Waals surface area contributed by atoms with Gasteiger partial charge in [0, 0.05) is 17.7 Å². The summed E-state index contributed by atoms with van der Waals surface area (Å²) in [4.78, 5) is 15.9. The maximum atomic E-state index is 11.3. The Morgan fingerprint density at radius 2 is 2.00 bits per heavy atom. The zero-order valence-electron chi connectivity index (χ0n) is 14.0. The largest absolute Gasteiger partial charge is 0.384 e. The van der Waals surface area contributed by atoms with Crippen molar-refractivity contribution in [3.8, 4) is 0 Å². The molecule has 2 aromatic rings. The number of aryl methyl sites for hydroxylation is 2. The van der Waals surface area contributed by atoms with Crippen LogP contribution in [0.25, 0.3) is 0 Å². The number of aliphatic hydroxyl groups is 1. The first-order valence-electron chi connectivity index (χ1n) is 8.16. The molecule has 0 bridgehead atoms. The van der Waals surface area contributed by atoms with Crippen molar-refractivity contribution in [2.75, 3.05) is 5.32 Å². The molecule has 0 atom stereocenters. The zero-order chi connectivity index (χ0) is 17.3. The van der Waals surface area contributed by atoms with Crippen molar-refractivity contribution in [2.24, 2.45) is 11.7 Å². The SMILES string of the molecule is Cc1cc(Nc2cc(C)[nH]n2)nc(C2(O)CCC(C(N)=O)CC2)c1. The summed E-state index contributed by atoms with van der Waals surface area (Å²) >= 11 is 0. The van der Waals surface area contributed by atoms with Gasteiger partial charge in [-0.3, -0.25) is 9.89 Å². The summed E-state index contributed by atoms with van der Waals surface area (Å²) in [5, 5.41) is 21.2. The number of H-pyrrole nitrogens is 1. The molecule has 0 unspecified atom stereocenters. The number of nitrogens with one attached hydrogen (secondary N) is 2. The van der Waals surface area contributed by atoms with Crippen LogP contribution in [0, 0.1) is 19.8 Å². The Balaban J connectivity index is 1.82. The number of aromatic amines is 1. The number of nitrogens with zero attached hydrogens (tertiary/aromatic N) is 2. The van der Waals surface area contributed by atoms with Crippen LogP contribution in [0.1, 0.15) is 42.6 Å². The smallest absolute Gasteiger partial charge is 0.220 e. The lowest BCUT2D eigenvalue weighted by Crippen LogP contribution is -2.36. The molecule has 128 valence electrons. The van der Waals surface area contributed by atoms with Crippen molar-refractivity contribution in [1.82, 2.24) is 15.2 Å². The van der Waals surface area contributed by atoms with Crippen LogP contribution >= 0.6 is 0 Å². The van der Waals surface area contributed by atoms with Gasteiger partial charge in [0.1, 0.15) is 11.4 Å². The van der Waals surface area contributed by atoms with E-state index in [4.69, 9.17) is 5.73 Å². The minimum Gasteiger partial charge on any atom is -0.384 e. The van der Waals surface area contributed by atoms with E-state index in [1.54, 1.807) is 0 Å². The molecule has 0 aromatic carbocycles. The topological polar surface area (TPSA) is 117 Å². The third-order valence-electron chi connectivity index (χ3n) is 4.62. The lowest BCUT2D eigenvalue weighted by atomic mass is 9.76. The van der Waals surface area contributed by atoms with Gasteiger partial charge in [0.05, 0.1) is 5.69 Å². The number of carbonyl (C=O) groups is 1. The van der Waals surface area contributed by atoms with E-state index in [9.17, 15) is 9.90 Å². The molecule has 1 aliphatic carbocycles. The normalized spacial score (nSPS) is 23.9. The molecule has 24 heavy (non-hydrogen) atoms. The Kier molecular flexibility index (Phi) is 4.28. The Morgan fingerprint density at radius 3 is 2.58 bits per heavy atom. The number of nitrogens with two attached hydrogens (primary N) is 1. The average Bonchev–Trinajstić information content (AvgIpc) is 2.92. The third-order valence-corrected chi connectivity index (χ3v) is 4.62.